The number of thiazole rings is 1. The molecule has 0 aliphatic rings. The molecule has 31 heavy (non-hydrogen) atoms. The Labute approximate surface area is 186 Å². The van der Waals surface area contributed by atoms with E-state index >= 15 is 0 Å². The van der Waals surface area contributed by atoms with Crippen LogP contribution in [0.5, 0.6) is 5.75 Å². The van der Waals surface area contributed by atoms with Gasteiger partial charge < -0.3 is 14.4 Å². The fourth-order valence-corrected chi connectivity index (χ4v) is 4.02. The van der Waals surface area contributed by atoms with Crippen molar-refractivity contribution < 1.29 is 19.1 Å². The molecule has 0 atom stereocenters. The molecule has 0 bridgehead atoms. The van der Waals surface area contributed by atoms with E-state index in [1.54, 1.807) is 4.90 Å². The average molecular weight is 439 g/mol. The Balaban J connectivity index is 1.60. The summed E-state index contributed by atoms with van der Waals surface area (Å²) in [5.74, 6) is 0.00739. The van der Waals surface area contributed by atoms with Gasteiger partial charge in [0.1, 0.15) is 10.8 Å². The Kier molecular flexibility index (Phi) is 7.78. The van der Waals surface area contributed by atoms with E-state index < -0.39 is 5.97 Å². The van der Waals surface area contributed by atoms with E-state index in [1.165, 1.54) is 11.3 Å². The number of esters is 1. The third kappa shape index (κ3) is 5.92. The van der Waals surface area contributed by atoms with Crippen molar-refractivity contribution in [3.05, 3.63) is 65.7 Å². The molecule has 0 fully saturated rings. The molecule has 0 saturated heterocycles. The van der Waals surface area contributed by atoms with Crippen molar-refractivity contribution in [1.29, 1.82) is 0 Å². The molecule has 1 aromatic heterocycles. The van der Waals surface area contributed by atoms with E-state index in [1.807, 2.05) is 80.7 Å². The van der Waals surface area contributed by atoms with Gasteiger partial charge in [0, 0.05) is 17.1 Å². The van der Waals surface area contributed by atoms with Crippen LogP contribution in [0.4, 0.5) is 5.69 Å². The average Bonchev–Trinajstić information content (AvgIpc) is 3.22. The van der Waals surface area contributed by atoms with Gasteiger partial charge in [-0.3, -0.25) is 9.59 Å². The van der Waals surface area contributed by atoms with E-state index in [2.05, 4.69) is 4.98 Å². The monoisotopic (exact) mass is 438 g/mol. The van der Waals surface area contributed by atoms with Crippen LogP contribution in [0.15, 0.2) is 60.0 Å². The van der Waals surface area contributed by atoms with E-state index in [0.29, 0.717) is 12.3 Å². The number of benzene rings is 2. The largest absolute Gasteiger partial charge is 0.493 e. The smallest absolute Gasteiger partial charge is 0.312 e. The lowest BCUT2D eigenvalue weighted by Crippen LogP contribution is -2.40. The van der Waals surface area contributed by atoms with Crippen molar-refractivity contribution in [2.45, 2.75) is 33.2 Å². The highest BCUT2D eigenvalue weighted by molar-refractivity contribution is 7.13. The molecule has 1 amide bonds. The van der Waals surface area contributed by atoms with Gasteiger partial charge in [-0.25, -0.2) is 4.98 Å². The fraction of sp³-hybridized carbons (Fsp3) is 0.292. The van der Waals surface area contributed by atoms with Gasteiger partial charge in [-0.15, -0.1) is 11.3 Å². The van der Waals surface area contributed by atoms with Crippen LogP contribution in [0, 0.1) is 0 Å². The maximum Gasteiger partial charge on any atom is 0.312 e. The standard InChI is InChI=1S/C24H26N2O4S/c1-4-29-21-13-9-8-12-20(21)24-25-18(16-31-24)14-23(28)30-15-22(27)26(17(2)3)19-10-6-5-7-11-19/h5-13,16-17H,4,14-15H2,1-3H3. The Morgan fingerprint density at radius 1 is 1.06 bits per heavy atom. The summed E-state index contributed by atoms with van der Waals surface area (Å²) >= 11 is 1.44. The van der Waals surface area contributed by atoms with Crippen LogP contribution in [0.2, 0.25) is 0 Å². The molecular weight excluding hydrogens is 412 g/mol. The van der Waals surface area contributed by atoms with E-state index in [9.17, 15) is 9.59 Å². The third-order valence-corrected chi connectivity index (χ3v) is 5.39. The summed E-state index contributed by atoms with van der Waals surface area (Å²) in [6, 6.07) is 17.0. The van der Waals surface area contributed by atoms with Crippen LogP contribution in [0.25, 0.3) is 10.6 Å². The number of para-hydroxylation sites is 2. The van der Waals surface area contributed by atoms with E-state index in [0.717, 1.165) is 22.0 Å². The molecule has 0 aliphatic carbocycles. The van der Waals surface area contributed by atoms with Crippen molar-refractivity contribution in [1.82, 2.24) is 4.98 Å². The predicted molar refractivity (Wildman–Crippen MR) is 122 cm³/mol. The van der Waals surface area contributed by atoms with Crippen LogP contribution in [-0.2, 0) is 20.7 Å². The highest BCUT2D eigenvalue weighted by Crippen LogP contribution is 2.32. The summed E-state index contributed by atoms with van der Waals surface area (Å²) in [4.78, 5) is 31.1. The molecule has 0 aliphatic heterocycles. The normalized spacial score (nSPS) is 10.7. The zero-order valence-electron chi connectivity index (χ0n) is 17.9. The van der Waals surface area contributed by atoms with Gasteiger partial charge in [0.2, 0.25) is 0 Å². The summed E-state index contributed by atoms with van der Waals surface area (Å²) in [5, 5.41) is 2.60. The second-order valence-corrected chi connectivity index (χ2v) is 7.96. The lowest BCUT2D eigenvalue weighted by Gasteiger charge is -2.26. The zero-order chi connectivity index (χ0) is 22.2. The molecule has 2 aromatic carbocycles. The molecule has 0 unspecified atom stereocenters. The summed E-state index contributed by atoms with van der Waals surface area (Å²) < 4.78 is 10.9. The Hall–Kier alpha value is -3.19. The number of nitrogens with zero attached hydrogens (tertiary/aromatic N) is 2. The number of ether oxygens (including phenoxy) is 2. The predicted octanol–water partition coefficient (Wildman–Crippen LogP) is 4.74. The van der Waals surface area contributed by atoms with Crippen molar-refractivity contribution in [2.24, 2.45) is 0 Å². The zero-order valence-corrected chi connectivity index (χ0v) is 18.7. The van der Waals surface area contributed by atoms with Gasteiger partial charge in [-0.1, -0.05) is 30.3 Å². The SMILES string of the molecule is CCOc1ccccc1-c1nc(CC(=O)OCC(=O)N(c2ccccc2)C(C)C)cs1. The maximum absolute atomic E-state index is 12.7. The first-order chi connectivity index (χ1) is 15.0. The minimum Gasteiger partial charge on any atom is -0.493 e. The molecule has 0 spiro atoms. The van der Waals surface area contributed by atoms with Gasteiger partial charge in [-0.05, 0) is 45.0 Å². The number of carbonyl (C=O) groups excluding carboxylic acids is 2. The minimum absolute atomic E-state index is 0.00754. The quantitative estimate of drug-likeness (QED) is 0.452. The Bertz CT molecular complexity index is 1020. The van der Waals surface area contributed by atoms with Crippen molar-refractivity contribution in [3.8, 4) is 16.3 Å². The van der Waals surface area contributed by atoms with Crippen LogP contribution in [-0.4, -0.2) is 36.1 Å². The molecule has 0 saturated carbocycles. The van der Waals surface area contributed by atoms with Gasteiger partial charge in [0.25, 0.3) is 5.91 Å². The van der Waals surface area contributed by atoms with Crippen LogP contribution in [0.3, 0.4) is 0 Å². The number of rotatable bonds is 9. The Morgan fingerprint density at radius 3 is 2.48 bits per heavy atom. The van der Waals surface area contributed by atoms with Crippen molar-refractivity contribution in [2.75, 3.05) is 18.1 Å². The molecule has 0 N–H and O–H groups in total. The number of amides is 1. The van der Waals surface area contributed by atoms with Crippen molar-refractivity contribution >= 4 is 28.9 Å². The third-order valence-electron chi connectivity index (χ3n) is 4.47. The fourth-order valence-electron chi connectivity index (χ4n) is 3.17. The first kappa shape index (κ1) is 22.5. The molecule has 162 valence electrons. The van der Waals surface area contributed by atoms with Crippen molar-refractivity contribution in [3.63, 3.8) is 0 Å². The highest BCUT2D eigenvalue weighted by Gasteiger charge is 2.21. The van der Waals surface area contributed by atoms with Gasteiger partial charge in [0.15, 0.2) is 6.61 Å². The van der Waals surface area contributed by atoms with E-state index in [4.69, 9.17) is 9.47 Å². The number of carbonyl (C=O) groups is 2. The number of hydrogen-bond acceptors (Lipinski definition) is 6. The first-order valence-corrected chi connectivity index (χ1v) is 11.1. The lowest BCUT2D eigenvalue weighted by atomic mass is 10.2. The summed E-state index contributed by atoms with van der Waals surface area (Å²) in [6.07, 6.45) is 0.00754. The number of aromatic nitrogens is 1. The lowest BCUT2D eigenvalue weighted by molar-refractivity contribution is -0.147. The molecule has 0 radical (unpaired) electrons. The molecule has 3 rings (SSSR count). The first-order valence-electron chi connectivity index (χ1n) is 10.2. The number of anilines is 1. The number of hydrogen-bond donors (Lipinski definition) is 0. The summed E-state index contributed by atoms with van der Waals surface area (Å²) in [7, 11) is 0. The molecule has 1 heterocycles. The van der Waals surface area contributed by atoms with Gasteiger partial charge in [0.05, 0.1) is 24.3 Å². The van der Waals surface area contributed by atoms with Crippen LogP contribution < -0.4 is 9.64 Å². The topological polar surface area (TPSA) is 68.7 Å². The molecule has 6 nitrogen and oxygen atoms in total. The van der Waals surface area contributed by atoms with Gasteiger partial charge in [-0.2, -0.15) is 0 Å². The molecular formula is C24H26N2O4S. The van der Waals surface area contributed by atoms with E-state index in [-0.39, 0.29) is 25.0 Å². The van der Waals surface area contributed by atoms with Gasteiger partial charge >= 0.3 is 5.97 Å². The minimum atomic E-state index is -0.486. The Morgan fingerprint density at radius 2 is 1.77 bits per heavy atom. The molecule has 3 aromatic rings. The van der Waals surface area contributed by atoms with Crippen LogP contribution in [0.1, 0.15) is 26.5 Å². The summed E-state index contributed by atoms with van der Waals surface area (Å²) in [5.41, 5.74) is 2.27. The summed E-state index contributed by atoms with van der Waals surface area (Å²) in [6.45, 7) is 6.02. The molecule has 7 heteroatoms. The second kappa shape index (κ2) is 10.7. The van der Waals surface area contributed by atoms with Crippen LogP contribution >= 0.6 is 11.3 Å². The maximum atomic E-state index is 12.7. The second-order valence-electron chi connectivity index (χ2n) is 7.10. The highest BCUT2D eigenvalue weighted by atomic mass is 32.1.